The molecule has 4 rings (SSSR count). The maximum atomic E-state index is 14.2. The van der Waals surface area contributed by atoms with E-state index in [0.717, 1.165) is 21.1 Å². The van der Waals surface area contributed by atoms with Gasteiger partial charge < -0.3 is 0 Å². The Morgan fingerprint density at radius 2 is 1.58 bits per heavy atom. The monoisotopic (exact) mass is 547 g/mol. The van der Waals surface area contributed by atoms with E-state index in [1.54, 1.807) is 13.8 Å². The number of aromatic nitrogens is 4. The number of pyridine rings is 1. The van der Waals surface area contributed by atoms with Crippen molar-refractivity contribution in [1.82, 2.24) is 23.8 Å². The Bertz CT molecular complexity index is 1460. The molecular weight excluding hydrogens is 522 g/mol. The highest BCUT2D eigenvalue weighted by Gasteiger charge is 2.58. The Hall–Kier alpha value is -3.22. The predicted octanol–water partition coefficient (Wildman–Crippen LogP) is 7.03. The number of nitrogens with zero attached hydrogens (tertiary/aromatic N) is 5. The summed E-state index contributed by atoms with van der Waals surface area (Å²) < 4.78 is 112. The molecule has 38 heavy (non-hydrogen) atoms. The molecule has 0 spiro atoms. The minimum absolute atomic E-state index is 0.141. The van der Waals surface area contributed by atoms with E-state index in [1.165, 1.54) is 29.8 Å². The molecule has 5 nitrogen and oxygen atoms in total. The van der Waals surface area contributed by atoms with E-state index in [0.29, 0.717) is 10.6 Å². The number of imidazole rings is 2. The molecule has 0 radical (unpaired) electrons. The fourth-order valence-corrected chi connectivity index (χ4v) is 4.89. The summed E-state index contributed by atoms with van der Waals surface area (Å²) in [5, 5.41) is 0. The van der Waals surface area contributed by atoms with Crippen LogP contribution in [0.2, 0.25) is 0 Å². The fraction of sp³-hybridized carbons (Fsp3) is 0.440. The lowest BCUT2D eigenvalue weighted by molar-refractivity contribution is -0.287. The van der Waals surface area contributed by atoms with Gasteiger partial charge in [0.2, 0.25) is 5.78 Å². The summed E-state index contributed by atoms with van der Waals surface area (Å²) in [5.74, 6) is -5.29. The van der Waals surface area contributed by atoms with Crippen molar-refractivity contribution in [2.45, 2.75) is 58.9 Å². The molecule has 1 aromatic carbocycles. The number of alkyl halides is 8. The van der Waals surface area contributed by atoms with E-state index < -0.39 is 42.8 Å². The number of fused-ring (bicyclic) bond motifs is 3. The molecule has 0 aliphatic heterocycles. The van der Waals surface area contributed by atoms with Gasteiger partial charge in [-0.1, -0.05) is 24.6 Å². The second kappa shape index (κ2) is 9.51. The first-order valence-corrected chi connectivity index (χ1v) is 11.8. The zero-order valence-corrected chi connectivity index (χ0v) is 21.0. The van der Waals surface area contributed by atoms with Crippen LogP contribution in [0.1, 0.15) is 41.4 Å². The van der Waals surface area contributed by atoms with Gasteiger partial charge in [-0.2, -0.15) is 35.1 Å². The summed E-state index contributed by atoms with van der Waals surface area (Å²) in [7, 11) is 0. The van der Waals surface area contributed by atoms with Crippen molar-refractivity contribution in [2.75, 3.05) is 13.1 Å². The lowest BCUT2D eigenvalue weighted by Gasteiger charge is -2.28. The van der Waals surface area contributed by atoms with Crippen molar-refractivity contribution in [1.29, 1.82) is 0 Å². The molecule has 0 fully saturated rings. The third kappa shape index (κ3) is 4.83. The van der Waals surface area contributed by atoms with Gasteiger partial charge in [-0.05, 0) is 57.0 Å². The minimum atomic E-state index is -5.85. The Balaban J connectivity index is 2.01. The van der Waals surface area contributed by atoms with E-state index >= 15 is 0 Å². The molecule has 0 amide bonds. The average Bonchev–Trinajstić information content (AvgIpc) is 3.28. The van der Waals surface area contributed by atoms with E-state index in [2.05, 4.69) is 9.97 Å². The van der Waals surface area contributed by atoms with Crippen molar-refractivity contribution >= 4 is 16.9 Å². The number of hydrogen-bond donors (Lipinski definition) is 0. The smallest absolute Gasteiger partial charge is 0.291 e. The van der Waals surface area contributed by atoms with Crippen LogP contribution in [0, 0.1) is 20.8 Å². The molecule has 0 atom stereocenters. The highest BCUT2D eigenvalue weighted by molar-refractivity contribution is 5.81. The molecule has 3 aromatic heterocycles. The molecule has 0 N–H and O–H groups in total. The van der Waals surface area contributed by atoms with Crippen LogP contribution in [0.15, 0.2) is 30.5 Å². The van der Waals surface area contributed by atoms with Crippen LogP contribution in [0.25, 0.3) is 22.6 Å². The quantitative estimate of drug-likeness (QED) is 0.233. The molecule has 0 unspecified atom stereocenters. The van der Waals surface area contributed by atoms with Gasteiger partial charge in [-0.25, -0.2) is 9.97 Å². The summed E-state index contributed by atoms with van der Waals surface area (Å²) in [6.07, 6.45) is -9.25. The minimum Gasteiger partial charge on any atom is -0.291 e. The molecular formula is C25H25F8N5. The summed E-state index contributed by atoms with van der Waals surface area (Å²) >= 11 is 0. The van der Waals surface area contributed by atoms with Gasteiger partial charge in [0.15, 0.2) is 11.3 Å². The number of hydrogen-bond acceptors (Lipinski definition) is 3. The zero-order chi connectivity index (χ0) is 28.2. The van der Waals surface area contributed by atoms with Crippen LogP contribution in [0.5, 0.6) is 0 Å². The van der Waals surface area contributed by atoms with Crippen LogP contribution in [-0.2, 0) is 12.7 Å². The van der Waals surface area contributed by atoms with Gasteiger partial charge >= 0.3 is 18.3 Å². The second-order valence-electron chi connectivity index (χ2n) is 9.38. The Morgan fingerprint density at radius 1 is 0.947 bits per heavy atom. The highest BCUT2D eigenvalue weighted by atomic mass is 19.4. The van der Waals surface area contributed by atoms with Gasteiger partial charge in [0, 0.05) is 12.7 Å². The first-order chi connectivity index (χ1) is 17.6. The Kier molecular flexibility index (Phi) is 6.96. The van der Waals surface area contributed by atoms with E-state index in [-0.39, 0.29) is 29.9 Å². The van der Waals surface area contributed by atoms with Crippen LogP contribution in [-0.4, -0.2) is 49.0 Å². The van der Waals surface area contributed by atoms with Crippen LogP contribution in [0.4, 0.5) is 35.1 Å². The fourth-order valence-electron chi connectivity index (χ4n) is 4.89. The van der Waals surface area contributed by atoms with Gasteiger partial charge in [0.25, 0.3) is 0 Å². The van der Waals surface area contributed by atoms with Crippen LogP contribution < -0.4 is 0 Å². The zero-order valence-electron chi connectivity index (χ0n) is 21.0. The standard InChI is InChI=1S/C25H25F8N5/c1-5-9-36(13-23(26,27)25(31,32)33)12-18-20(24(28,29)30)35-22-37(18)17-7-6-8-34-21(17)38(22)19-15(3)10-14(2)11-16(19)4/h6-8,10-11H,5,9,12-13H2,1-4H3. The topological polar surface area (TPSA) is 38.4 Å². The van der Waals surface area contributed by atoms with Gasteiger partial charge in [0.05, 0.1) is 23.4 Å². The molecule has 0 aliphatic rings. The van der Waals surface area contributed by atoms with Gasteiger partial charge in [-0.15, -0.1) is 0 Å². The second-order valence-corrected chi connectivity index (χ2v) is 9.38. The average molecular weight is 547 g/mol. The molecule has 3 heterocycles. The van der Waals surface area contributed by atoms with Gasteiger partial charge in [-0.3, -0.25) is 13.9 Å². The van der Waals surface area contributed by atoms with Crippen LogP contribution in [0.3, 0.4) is 0 Å². The summed E-state index contributed by atoms with van der Waals surface area (Å²) in [6, 6.07) is 6.71. The molecule has 0 aliphatic carbocycles. The van der Waals surface area contributed by atoms with E-state index in [4.69, 9.17) is 0 Å². The Labute approximate surface area is 212 Å². The SMILES string of the molecule is CCCN(Cc1c(C(F)(F)F)nc2n(-c3c(C)cc(C)cc3C)c3ncccc3n12)CC(F)(F)C(F)(F)F. The Morgan fingerprint density at radius 3 is 2.13 bits per heavy atom. The lowest BCUT2D eigenvalue weighted by atomic mass is 10.1. The molecule has 206 valence electrons. The molecule has 4 aromatic rings. The lowest BCUT2D eigenvalue weighted by Crippen LogP contribution is -2.47. The van der Waals surface area contributed by atoms with Crippen LogP contribution >= 0.6 is 0 Å². The number of halogens is 8. The maximum Gasteiger partial charge on any atom is 0.454 e. The first-order valence-electron chi connectivity index (χ1n) is 11.8. The van der Waals surface area contributed by atoms with Crippen molar-refractivity contribution in [3.63, 3.8) is 0 Å². The van der Waals surface area contributed by atoms with Crippen molar-refractivity contribution < 1.29 is 35.1 Å². The van der Waals surface area contributed by atoms with E-state index in [1.807, 2.05) is 19.1 Å². The summed E-state index contributed by atoms with van der Waals surface area (Å²) in [4.78, 5) is 8.91. The number of benzene rings is 1. The third-order valence-electron chi connectivity index (χ3n) is 6.25. The largest absolute Gasteiger partial charge is 0.454 e. The van der Waals surface area contributed by atoms with Crippen molar-refractivity contribution in [3.05, 3.63) is 58.5 Å². The third-order valence-corrected chi connectivity index (χ3v) is 6.25. The maximum absolute atomic E-state index is 14.2. The van der Waals surface area contributed by atoms with E-state index in [9.17, 15) is 35.1 Å². The first kappa shape index (κ1) is 27.8. The molecule has 0 bridgehead atoms. The normalized spacial score (nSPS) is 13.4. The summed E-state index contributed by atoms with van der Waals surface area (Å²) in [6.45, 7) is 4.07. The van der Waals surface area contributed by atoms with Gasteiger partial charge in [0.1, 0.15) is 0 Å². The molecule has 13 heteroatoms. The number of aryl methyl sites for hydroxylation is 3. The van der Waals surface area contributed by atoms with Crippen molar-refractivity contribution in [3.8, 4) is 5.69 Å². The highest BCUT2D eigenvalue weighted by Crippen LogP contribution is 2.39. The molecule has 0 saturated carbocycles. The van der Waals surface area contributed by atoms with Crippen molar-refractivity contribution in [2.24, 2.45) is 0 Å². The number of rotatable bonds is 7. The summed E-state index contributed by atoms with van der Waals surface area (Å²) in [5.41, 5.74) is 1.54. The predicted molar refractivity (Wildman–Crippen MR) is 126 cm³/mol. The molecule has 0 saturated heterocycles.